The van der Waals surface area contributed by atoms with E-state index < -0.39 is 39.4 Å². The molecule has 0 atom stereocenters. The number of rotatable bonds is 8. The SMILES string of the molecule is CC(C)[C](C)(C)[Ge]12[S][Ge]3([C](C)(C)C(C)C)[S][Ge]([C](C)(C)C(C)C)([S]1)[S][Ge]([C](C)(C)C(C)C)([S]2)[S]3. The van der Waals surface area contributed by atoms with Crippen LogP contribution < -0.4 is 0 Å². The van der Waals surface area contributed by atoms with Gasteiger partial charge in [-0.05, 0) is 0 Å². The summed E-state index contributed by atoms with van der Waals surface area (Å²) < 4.78 is 2.11. The molecule has 0 nitrogen and oxygen atoms in total. The van der Waals surface area contributed by atoms with E-state index in [-0.39, 0.29) is 0 Å². The predicted octanol–water partition coefficient (Wildman–Crippen LogP) is 11.9. The minimum atomic E-state index is -2.40. The normalized spacial score (nSPS) is 37.1. The van der Waals surface area contributed by atoms with Crippen molar-refractivity contribution in [2.45, 2.75) is 128 Å². The Morgan fingerprint density at radius 2 is 0.441 bits per heavy atom. The molecule has 0 N–H and O–H groups in total. The zero-order valence-electron chi connectivity index (χ0n) is 24.8. The van der Waals surface area contributed by atoms with Crippen molar-refractivity contribution in [1.29, 1.82) is 0 Å². The fraction of sp³-hybridized carbons (Fsp3) is 1.00. The Morgan fingerprint density at radius 3 is 0.529 bits per heavy atom. The molecule has 4 bridgehead atoms. The van der Waals surface area contributed by atoms with Crippen LogP contribution in [0.1, 0.15) is 111 Å². The number of hydrogen-bond donors (Lipinski definition) is 0. The molecule has 0 aromatic heterocycles. The molecule has 0 aliphatic carbocycles. The monoisotopic (exact) mass is 828 g/mol. The predicted molar refractivity (Wildman–Crippen MR) is 184 cm³/mol. The van der Waals surface area contributed by atoms with Crippen LogP contribution in [0.3, 0.4) is 0 Å². The van der Waals surface area contributed by atoms with Gasteiger partial charge in [0.05, 0.1) is 0 Å². The summed E-state index contributed by atoms with van der Waals surface area (Å²) in [7, 11) is 7.39. The van der Waals surface area contributed by atoms with Gasteiger partial charge >= 0.3 is 241 Å². The topological polar surface area (TPSA) is 0 Å². The second kappa shape index (κ2) is 9.93. The van der Waals surface area contributed by atoms with Crippen molar-refractivity contribution in [1.82, 2.24) is 0 Å². The summed E-state index contributed by atoms with van der Waals surface area (Å²) in [6.07, 6.45) is 0. The maximum atomic E-state index is 2.83. The zero-order valence-corrected chi connectivity index (χ0v) is 38.1. The molecule has 4 saturated heterocycles. The second-order valence-corrected chi connectivity index (χ2v) is 138. The van der Waals surface area contributed by atoms with Crippen molar-refractivity contribution < 1.29 is 0 Å². The van der Waals surface area contributed by atoms with Crippen molar-refractivity contribution in [3.05, 3.63) is 0 Å². The summed E-state index contributed by atoms with van der Waals surface area (Å²) in [5.41, 5.74) is 0. The van der Waals surface area contributed by atoms with E-state index in [0.29, 0.717) is 17.0 Å². The van der Waals surface area contributed by atoms with Crippen LogP contribution in [0, 0.1) is 23.7 Å². The van der Waals surface area contributed by atoms with Gasteiger partial charge in [0.15, 0.2) is 0 Å². The van der Waals surface area contributed by atoms with Gasteiger partial charge in [0.1, 0.15) is 0 Å². The van der Waals surface area contributed by atoms with Gasteiger partial charge in [-0.2, -0.15) is 0 Å². The first-order valence-corrected chi connectivity index (χ1v) is 53.2. The molecule has 34 heavy (non-hydrogen) atoms. The third-order valence-corrected chi connectivity index (χ3v) is 352. The summed E-state index contributed by atoms with van der Waals surface area (Å²) in [4.78, 5) is 0. The Bertz CT molecular complexity index is 640. The molecule has 0 saturated carbocycles. The molecule has 200 valence electrons. The molecule has 0 amide bonds. The van der Waals surface area contributed by atoms with Crippen molar-refractivity contribution >= 4 is 89.8 Å². The summed E-state index contributed by atoms with van der Waals surface area (Å²) in [5.74, 6) is 3.17. The third-order valence-electron chi connectivity index (χ3n) is 10.5. The van der Waals surface area contributed by atoms with Crippen LogP contribution >= 0.6 is 50.5 Å². The molecule has 0 aromatic rings. The van der Waals surface area contributed by atoms with Crippen LogP contribution in [0.2, 0.25) is 17.0 Å². The first-order chi connectivity index (χ1) is 15.0. The van der Waals surface area contributed by atoms with Crippen molar-refractivity contribution in [2.24, 2.45) is 23.7 Å². The van der Waals surface area contributed by atoms with Crippen LogP contribution in [-0.4, -0.2) is 39.4 Å². The van der Waals surface area contributed by atoms with Crippen LogP contribution in [0.25, 0.3) is 0 Å². The van der Waals surface area contributed by atoms with Crippen LogP contribution in [0.5, 0.6) is 0 Å². The van der Waals surface area contributed by atoms with E-state index in [9.17, 15) is 0 Å². The Kier molecular flexibility index (Phi) is 9.57. The Labute approximate surface area is 237 Å². The fourth-order valence-electron chi connectivity index (χ4n) is 4.30. The van der Waals surface area contributed by atoms with E-state index in [1.807, 2.05) is 0 Å². The summed E-state index contributed by atoms with van der Waals surface area (Å²) in [5, 5.41) is 0. The quantitative estimate of drug-likeness (QED) is 0.222. The minimum absolute atomic E-state index is 0.527. The molecular formula is C24H52Ge4S6. The van der Waals surface area contributed by atoms with Gasteiger partial charge < -0.3 is 0 Å². The average Bonchev–Trinajstić information content (AvgIpc) is 2.65. The van der Waals surface area contributed by atoms with E-state index in [4.69, 9.17) is 0 Å². The van der Waals surface area contributed by atoms with E-state index in [1.54, 1.807) is 0 Å². The molecule has 0 unspecified atom stereocenters. The van der Waals surface area contributed by atoms with Gasteiger partial charge in [-0.1, -0.05) is 0 Å². The number of hydrogen-bond acceptors (Lipinski definition) is 6. The molecule has 10 heteroatoms. The van der Waals surface area contributed by atoms with Crippen molar-refractivity contribution in [3.8, 4) is 0 Å². The standard InChI is InChI=1S/C24H52Ge4S6/c1-17(2)21(9,10)25-29-26(22(11,12)18(3)4)32-27(30-25,23(13,14)19(5)6)34-28(31-25,33-26)24(15,16)20(7)8/h17-20H,1-16H3. The molecular weight excluding hydrogens is 771 g/mol. The second-order valence-electron chi connectivity index (χ2n) is 14.3. The Hall–Kier alpha value is 4.27. The van der Waals surface area contributed by atoms with Crippen LogP contribution in [0.4, 0.5) is 0 Å². The first-order valence-electron chi connectivity index (χ1n) is 13.2. The van der Waals surface area contributed by atoms with Gasteiger partial charge in [0.2, 0.25) is 0 Å². The summed E-state index contributed by atoms with van der Waals surface area (Å²) in [6.45, 7) is 42.7. The van der Waals surface area contributed by atoms with Crippen LogP contribution in [-0.2, 0) is 0 Å². The van der Waals surface area contributed by atoms with Gasteiger partial charge in [-0.15, -0.1) is 0 Å². The van der Waals surface area contributed by atoms with E-state index in [1.165, 1.54) is 0 Å². The van der Waals surface area contributed by atoms with Gasteiger partial charge in [-0.3, -0.25) is 0 Å². The van der Waals surface area contributed by atoms with Gasteiger partial charge in [0.25, 0.3) is 0 Å². The van der Waals surface area contributed by atoms with E-state index >= 15 is 0 Å². The van der Waals surface area contributed by atoms with E-state index in [2.05, 4.69) is 161 Å². The van der Waals surface area contributed by atoms with E-state index in [0.717, 1.165) is 23.7 Å². The Balaban J connectivity index is 2.44. The third kappa shape index (κ3) is 4.49. The molecule has 4 aliphatic rings. The summed E-state index contributed by atoms with van der Waals surface area (Å²) in [6, 6.07) is 0. The van der Waals surface area contributed by atoms with Gasteiger partial charge in [0, 0.05) is 0 Å². The fourth-order valence-corrected chi connectivity index (χ4v) is 897. The molecule has 0 aromatic carbocycles. The van der Waals surface area contributed by atoms with Gasteiger partial charge in [-0.25, -0.2) is 0 Å². The molecule has 4 fully saturated rings. The molecule has 0 spiro atoms. The molecule has 4 aliphatic heterocycles. The molecule has 0 radical (unpaired) electrons. The van der Waals surface area contributed by atoms with Crippen molar-refractivity contribution in [3.63, 3.8) is 0 Å². The molecule has 4 heterocycles. The zero-order chi connectivity index (χ0) is 26.6. The maximum absolute atomic E-state index is 2.83. The summed E-state index contributed by atoms with van der Waals surface area (Å²) >= 11 is 0. The van der Waals surface area contributed by atoms with Crippen LogP contribution in [0.15, 0.2) is 0 Å². The van der Waals surface area contributed by atoms with Crippen molar-refractivity contribution in [2.75, 3.05) is 0 Å². The Morgan fingerprint density at radius 1 is 0.324 bits per heavy atom. The molecule has 4 rings (SSSR count). The average molecular weight is 824 g/mol. The first kappa shape index (κ1) is 32.8.